The normalized spacial score (nSPS) is 10.1. The Morgan fingerprint density at radius 1 is 1.21 bits per heavy atom. The van der Waals surface area contributed by atoms with Crippen molar-refractivity contribution in [1.82, 2.24) is 0 Å². The average Bonchev–Trinajstić information content (AvgIpc) is 2.67. The standard InChI is InChI=1S/C12H12OS/c1-10-4-2-5-11(8-10)9-13-12-6-3-7-14-12/h2-8H,9H2,1H3. The topological polar surface area (TPSA) is 9.23 Å². The molecule has 0 saturated carbocycles. The fourth-order valence-electron chi connectivity index (χ4n) is 1.30. The monoisotopic (exact) mass is 204 g/mol. The minimum Gasteiger partial charge on any atom is -0.479 e. The Hall–Kier alpha value is -1.28. The number of benzene rings is 1. The molecule has 1 heterocycles. The van der Waals surface area contributed by atoms with Gasteiger partial charge in [-0.2, -0.15) is 0 Å². The van der Waals surface area contributed by atoms with Crippen molar-refractivity contribution in [3.8, 4) is 5.06 Å². The zero-order valence-electron chi connectivity index (χ0n) is 8.07. The van der Waals surface area contributed by atoms with Crippen LogP contribution in [0.2, 0.25) is 0 Å². The molecule has 0 radical (unpaired) electrons. The molecule has 0 unspecified atom stereocenters. The van der Waals surface area contributed by atoms with E-state index in [4.69, 9.17) is 4.74 Å². The number of aryl methyl sites for hydroxylation is 1. The van der Waals surface area contributed by atoms with Gasteiger partial charge in [0.15, 0.2) is 5.06 Å². The van der Waals surface area contributed by atoms with E-state index in [2.05, 4.69) is 31.2 Å². The number of rotatable bonds is 3. The van der Waals surface area contributed by atoms with Gasteiger partial charge in [0, 0.05) is 0 Å². The maximum Gasteiger partial charge on any atom is 0.174 e. The molecule has 72 valence electrons. The molecule has 0 spiro atoms. The number of hydrogen-bond acceptors (Lipinski definition) is 2. The van der Waals surface area contributed by atoms with Gasteiger partial charge in [0.1, 0.15) is 6.61 Å². The van der Waals surface area contributed by atoms with Crippen molar-refractivity contribution in [3.05, 3.63) is 52.9 Å². The summed E-state index contributed by atoms with van der Waals surface area (Å²) in [5, 5.41) is 3.00. The second-order valence-corrected chi connectivity index (χ2v) is 4.12. The molecule has 2 aromatic rings. The maximum absolute atomic E-state index is 5.61. The van der Waals surface area contributed by atoms with Crippen LogP contribution in [0.3, 0.4) is 0 Å². The van der Waals surface area contributed by atoms with E-state index < -0.39 is 0 Å². The lowest BCUT2D eigenvalue weighted by atomic mass is 10.1. The fourth-order valence-corrected chi connectivity index (χ4v) is 1.88. The zero-order valence-corrected chi connectivity index (χ0v) is 8.88. The molecule has 0 atom stereocenters. The Balaban J connectivity index is 1.98. The van der Waals surface area contributed by atoms with Crippen molar-refractivity contribution in [1.29, 1.82) is 0 Å². The van der Waals surface area contributed by atoms with E-state index in [0.717, 1.165) is 5.06 Å². The molecule has 0 bridgehead atoms. The van der Waals surface area contributed by atoms with Crippen molar-refractivity contribution in [3.63, 3.8) is 0 Å². The van der Waals surface area contributed by atoms with Crippen molar-refractivity contribution < 1.29 is 4.74 Å². The molecule has 2 rings (SSSR count). The summed E-state index contributed by atoms with van der Waals surface area (Å²) in [7, 11) is 0. The summed E-state index contributed by atoms with van der Waals surface area (Å²) in [6, 6.07) is 12.4. The van der Waals surface area contributed by atoms with Crippen molar-refractivity contribution in [2.75, 3.05) is 0 Å². The van der Waals surface area contributed by atoms with Crippen LogP contribution in [0.1, 0.15) is 11.1 Å². The quantitative estimate of drug-likeness (QED) is 0.741. The highest BCUT2D eigenvalue weighted by Gasteiger charge is 1.96. The molecule has 0 aliphatic rings. The molecule has 0 saturated heterocycles. The summed E-state index contributed by atoms with van der Waals surface area (Å²) in [4.78, 5) is 0. The van der Waals surface area contributed by atoms with E-state index in [9.17, 15) is 0 Å². The highest BCUT2D eigenvalue weighted by molar-refractivity contribution is 7.11. The second kappa shape index (κ2) is 4.29. The number of hydrogen-bond donors (Lipinski definition) is 0. The molecule has 0 aliphatic heterocycles. The Morgan fingerprint density at radius 3 is 2.86 bits per heavy atom. The first-order valence-electron chi connectivity index (χ1n) is 4.56. The third-order valence-electron chi connectivity index (χ3n) is 1.96. The lowest BCUT2D eigenvalue weighted by Gasteiger charge is -2.03. The molecular weight excluding hydrogens is 192 g/mol. The van der Waals surface area contributed by atoms with Gasteiger partial charge in [-0.1, -0.05) is 29.8 Å². The van der Waals surface area contributed by atoms with Gasteiger partial charge in [-0.3, -0.25) is 0 Å². The summed E-state index contributed by atoms with van der Waals surface area (Å²) in [6.07, 6.45) is 0. The van der Waals surface area contributed by atoms with Crippen LogP contribution in [-0.4, -0.2) is 0 Å². The van der Waals surface area contributed by atoms with E-state index in [-0.39, 0.29) is 0 Å². The van der Waals surface area contributed by atoms with Crippen LogP contribution in [-0.2, 0) is 6.61 Å². The first-order chi connectivity index (χ1) is 6.84. The lowest BCUT2D eigenvalue weighted by molar-refractivity contribution is 0.315. The number of thiophene rings is 1. The van der Waals surface area contributed by atoms with E-state index in [0.29, 0.717) is 6.61 Å². The van der Waals surface area contributed by atoms with Crippen LogP contribution >= 0.6 is 11.3 Å². The predicted octanol–water partition coefficient (Wildman–Crippen LogP) is 3.64. The second-order valence-electron chi connectivity index (χ2n) is 3.21. The van der Waals surface area contributed by atoms with Crippen molar-refractivity contribution in [2.24, 2.45) is 0 Å². The zero-order chi connectivity index (χ0) is 9.80. The predicted molar refractivity (Wildman–Crippen MR) is 59.8 cm³/mol. The van der Waals surface area contributed by atoms with Crippen LogP contribution in [0.15, 0.2) is 41.8 Å². The lowest BCUT2D eigenvalue weighted by Crippen LogP contribution is -1.93. The van der Waals surface area contributed by atoms with E-state index >= 15 is 0 Å². The smallest absolute Gasteiger partial charge is 0.174 e. The van der Waals surface area contributed by atoms with Gasteiger partial charge in [0.2, 0.25) is 0 Å². The first kappa shape index (κ1) is 9.28. The van der Waals surface area contributed by atoms with Gasteiger partial charge in [-0.15, -0.1) is 11.3 Å². The number of ether oxygens (including phenoxy) is 1. The molecule has 0 amide bonds. The summed E-state index contributed by atoms with van der Waals surface area (Å²) in [6.45, 7) is 2.75. The van der Waals surface area contributed by atoms with Gasteiger partial charge in [-0.05, 0) is 30.0 Å². The molecule has 0 aliphatic carbocycles. The van der Waals surface area contributed by atoms with Gasteiger partial charge in [0.25, 0.3) is 0 Å². The Labute approximate surface area is 88.0 Å². The van der Waals surface area contributed by atoms with Crippen LogP contribution in [0.4, 0.5) is 0 Å². The van der Waals surface area contributed by atoms with E-state index in [1.807, 2.05) is 17.5 Å². The van der Waals surface area contributed by atoms with Gasteiger partial charge in [-0.25, -0.2) is 0 Å². The Bertz CT molecular complexity index is 392. The van der Waals surface area contributed by atoms with Crippen LogP contribution in [0, 0.1) is 6.92 Å². The molecular formula is C12H12OS. The van der Waals surface area contributed by atoms with Crippen LogP contribution in [0.25, 0.3) is 0 Å². The molecule has 2 heteroatoms. The van der Waals surface area contributed by atoms with Crippen LogP contribution < -0.4 is 4.74 Å². The average molecular weight is 204 g/mol. The summed E-state index contributed by atoms with van der Waals surface area (Å²) in [5.41, 5.74) is 2.50. The highest BCUT2D eigenvalue weighted by atomic mass is 32.1. The van der Waals surface area contributed by atoms with E-state index in [1.165, 1.54) is 11.1 Å². The Kier molecular flexibility index (Phi) is 2.84. The maximum atomic E-state index is 5.61. The molecule has 14 heavy (non-hydrogen) atoms. The molecule has 0 N–H and O–H groups in total. The third-order valence-corrected chi connectivity index (χ3v) is 2.74. The fraction of sp³-hybridized carbons (Fsp3) is 0.167. The SMILES string of the molecule is Cc1cccc(COc2cccs2)c1. The largest absolute Gasteiger partial charge is 0.479 e. The molecule has 1 aromatic heterocycles. The first-order valence-corrected chi connectivity index (χ1v) is 5.44. The Morgan fingerprint density at radius 2 is 2.14 bits per heavy atom. The molecule has 1 aromatic carbocycles. The summed E-state index contributed by atoms with van der Waals surface area (Å²) in [5.74, 6) is 0. The van der Waals surface area contributed by atoms with Gasteiger partial charge >= 0.3 is 0 Å². The minimum atomic E-state index is 0.655. The summed E-state index contributed by atoms with van der Waals surface area (Å²) < 4.78 is 5.61. The van der Waals surface area contributed by atoms with Crippen molar-refractivity contribution in [2.45, 2.75) is 13.5 Å². The van der Waals surface area contributed by atoms with Gasteiger partial charge < -0.3 is 4.74 Å². The minimum absolute atomic E-state index is 0.655. The highest BCUT2D eigenvalue weighted by Crippen LogP contribution is 2.19. The van der Waals surface area contributed by atoms with E-state index in [1.54, 1.807) is 11.3 Å². The van der Waals surface area contributed by atoms with Crippen molar-refractivity contribution >= 4 is 11.3 Å². The third kappa shape index (κ3) is 2.36. The molecule has 1 nitrogen and oxygen atoms in total. The summed E-state index contributed by atoms with van der Waals surface area (Å²) >= 11 is 1.62. The van der Waals surface area contributed by atoms with Gasteiger partial charge in [0.05, 0.1) is 0 Å². The van der Waals surface area contributed by atoms with Crippen LogP contribution in [0.5, 0.6) is 5.06 Å². The molecule has 0 fully saturated rings.